The van der Waals surface area contributed by atoms with E-state index in [2.05, 4.69) is 14.7 Å². The molecule has 1 rings (SSSR count). The molecule has 9 heavy (non-hydrogen) atoms. The minimum atomic E-state index is -0.572. The molecule has 1 atom stereocenters. The number of aromatic amines is 1. The van der Waals surface area contributed by atoms with E-state index >= 15 is 0 Å². The van der Waals surface area contributed by atoms with Crippen molar-refractivity contribution >= 4 is 11.6 Å². The molecule has 1 aromatic rings. The predicted molar refractivity (Wildman–Crippen MR) is 31.4 cm³/mol. The standard InChI is InChI=1S/C4H5ClN2O2/c1-2(5)3-6-4(8)9-7-3/h2H,1H3,(H,6,7,8). The van der Waals surface area contributed by atoms with Gasteiger partial charge in [0.1, 0.15) is 0 Å². The molecule has 0 spiro atoms. The highest BCUT2D eigenvalue weighted by atomic mass is 35.5. The quantitative estimate of drug-likeness (QED) is 0.596. The van der Waals surface area contributed by atoms with Gasteiger partial charge in [-0.25, -0.2) is 4.79 Å². The van der Waals surface area contributed by atoms with Crippen molar-refractivity contribution in [2.75, 3.05) is 0 Å². The van der Waals surface area contributed by atoms with Gasteiger partial charge in [0.05, 0.1) is 5.38 Å². The van der Waals surface area contributed by atoms with E-state index in [0.717, 1.165) is 0 Å². The Bertz CT molecular complexity index is 239. The number of nitrogens with one attached hydrogen (secondary N) is 1. The second kappa shape index (κ2) is 2.23. The van der Waals surface area contributed by atoms with Gasteiger partial charge in [0.25, 0.3) is 0 Å². The first-order chi connectivity index (χ1) is 4.20. The van der Waals surface area contributed by atoms with Gasteiger partial charge >= 0.3 is 5.76 Å². The van der Waals surface area contributed by atoms with Gasteiger partial charge in [-0.05, 0) is 6.92 Å². The fourth-order valence-corrected chi connectivity index (χ4v) is 0.507. The number of H-pyrrole nitrogens is 1. The van der Waals surface area contributed by atoms with Crippen LogP contribution < -0.4 is 5.76 Å². The highest BCUT2D eigenvalue weighted by molar-refractivity contribution is 6.20. The topological polar surface area (TPSA) is 58.9 Å². The van der Waals surface area contributed by atoms with Gasteiger partial charge in [-0.3, -0.25) is 9.51 Å². The highest BCUT2D eigenvalue weighted by Gasteiger charge is 2.05. The molecule has 0 radical (unpaired) electrons. The maximum Gasteiger partial charge on any atom is 0.438 e. The van der Waals surface area contributed by atoms with Gasteiger partial charge in [0, 0.05) is 0 Å². The predicted octanol–water partition coefficient (Wildman–Crippen LogP) is 0.663. The molecule has 4 nitrogen and oxygen atoms in total. The van der Waals surface area contributed by atoms with Gasteiger partial charge < -0.3 is 0 Å². The monoisotopic (exact) mass is 148 g/mol. The highest BCUT2D eigenvalue weighted by Crippen LogP contribution is 2.11. The second-order valence-corrected chi connectivity index (χ2v) is 2.25. The fourth-order valence-electron chi connectivity index (χ4n) is 0.413. The molecular weight excluding hydrogens is 144 g/mol. The lowest BCUT2D eigenvalue weighted by molar-refractivity contribution is 0.381. The van der Waals surface area contributed by atoms with Crippen LogP contribution in [0.25, 0.3) is 0 Å². The van der Waals surface area contributed by atoms with E-state index in [0.29, 0.717) is 5.82 Å². The molecule has 0 amide bonds. The van der Waals surface area contributed by atoms with Crippen molar-refractivity contribution in [3.8, 4) is 0 Å². The molecule has 1 N–H and O–H groups in total. The maximum atomic E-state index is 10.3. The van der Waals surface area contributed by atoms with E-state index in [4.69, 9.17) is 11.6 Å². The summed E-state index contributed by atoms with van der Waals surface area (Å²) in [5.41, 5.74) is 0. The van der Waals surface area contributed by atoms with Crippen molar-refractivity contribution in [3.63, 3.8) is 0 Å². The van der Waals surface area contributed by atoms with Gasteiger partial charge in [0.15, 0.2) is 5.82 Å². The van der Waals surface area contributed by atoms with Crippen molar-refractivity contribution < 1.29 is 4.52 Å². The number of hydrogen-bond donors (Lipinski definition) is 1. The largest absolute Gasteiger partial charge is 0.438 e. The SMILES string of the molecule is CC(Cl)c1noc(=O)[nH]1. The van der Waals surface area contributed by atoms with Gasteiger partial charge in [-0.1, -0.05) is 5.16 Å². The van der Waals surface area contributed by atoms with E-state index in [1.807, 2.05) is 0 Å². The summed E-state index contributed by atoms with van der Waals surface area (Å²) < 4.78 is 4.18. The molecule has 0 fully saturated rings. The molecule has 1 aromatic heterocycles. The number of rotatable bonds is 1. The average Bonchev–Trinajstić information content (AvgIpc) is 2.14. The van der Waals surface area contributed by atoms with Crippen molar-refractivity contribution in [1.82, 2.24) is 10.1 Å². The van der Waals surface area contributed by atoms with Crippen LogP contribution in [-0.2, 0) is 0 Å². The van der Waals surface area contributed by atoms with Crippen LogP contribution in [0.4, 0.5) is 0 Å². The Morgan fingerprint density at radius 3 is 2.78 bits per heavy atom. The molecule has 0 aliphatic heterocycles. The molecule has 5 heteroatoms. The Kier molecular flexibility index (Phi) is 1.57. The summed E-state index contributed by atoms with van der Waals surface area (Å²) in [4.78, 5) is 12.6. The zero-order valence-electron chi connectivity index (χ0n) is 4.72. The summed E-state index contributed by atoms with van der Waals surface area (Å²) in [5.74, 6) is -0.209. The Hall–Kier alpha value is -0.770. The molecule has 0 aliphatic rings. The molecule has 0 aromatic carbocycles. The lowest BCUT2D eigenvalue weighted by Crippen LogP contribution is -1.96. The van der Waals surface area contributed by atoms with Gasteiger partial charge in [0.2, 0.25) is 0 Å². The third kappa shape index (κ3) is 1.32. The normalized spacial score (nSPS) is 13.6. The van der Waals surface area contributed by atoms with Crippen molar-refractivity contribution in [3.05, 3.63) is 16.4 Å². The van der Waals surface area contributed by atoms with E-state index in [1.54, 1.807) is 6.92 Å². The summed E-state index contributed by atoms with van der Waals surface area (Å²) in [6, 6.07) is 0. The first kappa shape index (κ1) is 6.35. The van der Waals surface area contributed by atoms with Crippen LogP contribution >= 0.6 is 11.6 Å². The summed E-state index contributed by atoms with van der Waals surface area (Å²) in [6.07, 6.45) is 0. The summed E-state index contributed by atoms with van der Waals surface area (Å²) in [5, 5.41) is 3.03. The smallest absolute Gasteiger partial charge is 0.296 e. The Morgan fingerprint density at radius 2 is 2.56 bits per heavy atom. The third-order valence-electron chi connectivity index (χ3n) is 0.834. The van der Waals surface area contributed by atoms with E-state index < -0.39 is 5.76 Å². The molecule has 0 bridgehead atoms. The minimum absolute atomic E-state index is 0.309. The van der Waals surface area contributed by atoms with Crippen LogP contribution in [0.15, 0.2) is 9.32 Å². The van der Waals surface area contributed by atoms with E-state index in [-0.39, 0.29) is 5.38 Å². The average molecular weight is 149 g/mol. The summed E-state index contributed by atoms with van der Waals surface area (Å²) >= 11 is 5.52. The lowest BCUT2D eigenvalue weighted by Gasteiger charge is -1.89. The number of alkyl halides is 1. The van der Waals surface area contributed by atoms with Crippen molar-refractivity contribution in [2.24, 2.45) is 0 Å². The summed E-state index contributed by atoms with van der Waals surface area (Å²) in [7, 11) is 0. The molecule has 50 valence electrons. The van der Waals surface area contributed by atoms with Crippen molar-refractivity contribution in [2.45, 2.75) is 12.3 Å². The van der Waals surface area contributed by atoms with Gasteiger partial charge in [-0.15, -0.1) is 11.6 Å². The Balaban J connectivity index is 2.98. The van der Waals surface area contributed by atoms with Crippen LogP contribution in [0.5, 0.6) is 0 Å². The van der Waals surface area contributed by atoms with Crippen LogP contribution in [0.3, 0.4) is 0 Å². The van der Waals surface area contributed by atoms with Crippen LogP contribution in [0, 0.1) is 0 Å². The molecule has 1 heterocycles. The molecule has 0 saturated heterocycles. The number of nitrogens with zero attached hydrogens (tertiary/aromatic N) is 1. The van der Waals surface area contributed by atoms with E-state index in [9.17, 15) is 4.79 Å². The number of halogens is 1. The van der Waals surface area contributed by atoms with Gasteiger partial charge in [-0.2, -0.15) is 0 Å². The molecule has 1 unspecified atom stereocenters. The van der Waals surface area contributed by atoms with E-state index in [1.165, 1.54) is 0 Å². The first-order valence-electron chi connectivity index (χ1n) is 2.40. The molecule has 0 saturated carbocycles. The fraction of sp³-hybridized carbons (Fsp3) is 0.500. The third-order valence-corrected chi connectivity index (χ3v) is 1.04. The molecular formula is C4H5ClN2O2. The van der Waals surface area contributed by atoms with Crippen LogP contribution in [-0.4, -0.2) is 10.1 Å². The van der Waals surface area contributed by atoms with Crippen LogP contribution in [0.1, 0.15) is 18.1 Å². The summed E-state index contributed by atoms with van der Waals surface area (Å²) in [6.45, 7) is 1.69. The second-order valence-electron chi connectivity index (χ2n) is 1.60. The number of aromatic nitrogens is 2. The Morgan fingerprint density at radius 1 is 1.89 bits per heavy atom. The Labute approximate surface area is 55.8 Å². The first-order valence-corrected chi connectivity index (χ1v) is 2.84. The van der Waals surface area contributed by atoms with Crippen LogP contribution in [0.2, 0.25) is 0 Å². The molecule has 0 aliphatic carbocycles. The zero-order valence-corrected chi connectivity index (χ0v) is 5.47. The zero-order chi connectivity index (χ0) is 6.85. The van der Waals surface area contributed by atoms with Crippen molar-refractivity contribution in [1.29, 1.82) is 0 Å². The number of hydrogen-bond acceptors (Lipinski definition) is 3. The minimum Gasteiger partial charge on any atom is -0.296 e. The lowest BCUT2D eigenvalue weighted by atomic mass is 10.5. The maximum absolute atomic E-state index is 10.3.